The van der Waals surface area contributed by atoms with Crippen molar-refractivity contribution in [1.82, 2.24) is 4.90 Å². The molecule has 16 heavy (non-hydrogen) atoms. The van der Waals surface area contributed by atoms with Crippen LogP contribution < -0.4 is 0 Å². The van der Waals surface area contributed by atoms with E-state index in [4.69, 9.17) is 5.11 Å². The van der Waals surface area contributed by atoms with E-state index < -0.39 is 0 Å². The maximum absolute atomic E-state index is 9.63. The molecule has 0 bridgehead atoms. The minimum atomic E-state index is -0.365. The predicted octanol–water partition coefficient (Wildman–Crippen LogP) is 1.49. The second-order valence-electron chi connectivity index (χ2n) is 6.11. The lowest BCUT2D eigenvalue weighted by molar-refractivity contribution is 0.0540. The number of aliphatic hydroxyl groups is 2. The molecule has 1 heterocycles. The van der Waals surface area contributed by atoms with E-state index in [1.807, 2.05) is 0 Å². The van der Waals surface area contributed by atoms with Crippen LogP contribution in [0.5, 0.6) is 0 Å². The highest BCUT2D eigenvalue weighted by Gasteiger charge is 2.29. The van der Waals surface area contributed by atoms with Crippen molar-refractivity contribution in [2.45, 2.75) is 46.1 Å². The van der Waals surface area contributed by atoms with Crippen molar-refractivity contribution >= 4 is 0 Å². The van der Waals surface area contributed by atoms with Crippen molar-refractivity contribution in [3.05, 3.63) is 0 Å². The van der Waals surface area contributed by atoms with Crippen LogP contribution in [0.4, 0.5) is 0 Å². The Morgan fingerprint density at radius 3 is 2.25 bits per heavy atom. The first-order valence-electron chi connectivity index (χ1n) is 6.44. The van der Waals surface area contributed by atoms with Gasteiger partial charge in [-0.3, -0.25) is 0 Å². The summed E-state index contributed by atoms with van der Waals surface area (Å²) in [6.45, 7) is 9.92. The third-order valence-corrected chi connectivity index (χ3v) is 3.74. The maximum atomic E-state index is 9.63. The Morgan fingerprint density at radius 2 is 1.81 bits per heavy atom. The topological polar surface area (TPSA) is 43.7 Å². The van der Waals surface area contributed by atoms with Crippen LogP contribution in [0.25, 0.3) is 0 Å². The van der Waals surface area contributed by atoms with Crippen molar-refractivity contribution in [2.24, 2.45) is 11.3 Å². The molecule has 1 rings (SSSR count). The predicted molar refractivity (Wildman–Crippen MR) is 66.3 cm³/mol. The molecule has 3 nitrogen and oxygen atoms in total. The van der Waals surface area contributed by atoms with Crippen LogP contribution in [0.2, 0.25) is 0 Å². The van der Waals surface area contributed by atoms with Crippen LogP contribution in [0.15, 0.2) is 0 Å². The lowest BCUT2D eigenvalue weighted by Crippen LogP contribution is -2.41. The zero-order chi connectivity index (χ0) is 12.2. The zero-order valence-electron chi connectivity index (χ0n) is 10.9. The molecular weight excluding hydrogens is 202 g/mol. The van der Waals surface area contributed by atoms with Crippen molar-refractivity contribution in [3.63, 3.8) is 0 Å². The average Bonchev–Trinajstić information content (AvgIpc) is 2.17. The van der Waals surface area contributed by atoms with E-state index in [9.17, 15) is 5.11 Å². The SMILES string of the molecule is CC(C)(C)C1CCN(CC(O)CCO)CC1. The van der Waals surface area contributed by atoms with E-state index in [1.165, 1.54) is 12.8 Å². The number of hydrogen-bond donors (Lipinski definition) is 2. The number of β-amino-alcohol motifs (C(OH)–C–C–N with tert-alkyl or cyclic N) is 1. The van der Waals surface area contributed by atoms with Crippen LogP contribution in [-0.2, 0) is 0 Å². The molecule has 1 aliphatic rings. The van der Waals surface area contributed by atoms with Gasteiger partial charge < -0.3 is 15.1 Å². The third-order valence-electron chi connectivity index (χ3n) is 3.74. The Hall–Kier alpha value is -0.120. The first kappa shape index (κ1) is 13.9. The lowest BCUT2D eigenvalue weighted by atomic mass is 9.75. The smallest absolute Gasteiger partial charge is 0.0688 e. The van der Waals surface area contributed by atoms with Crippen molar-refractivity contribution in [2.75, 3.05) is 26.2 Å². The lowest BCUT2D eigenvalue weighted by Gasteiger charge is -2.39. The molecule has 3 heteroatoms. The number of nitrogens with zero attached hydrogens (tertiary/aromatic N) is 1. The Kier molecular flexibility index (Phi) is 5.22. The third kappa shape index (κ3) is 4.40. The summed E-state index contributed by atoms with van der Waals surface area (Å²) >= 11 is 0. The molecule has 0 saturated carbocycles. The number of aliphatic hydroxyl groups excluding tert-OH is 2. The number of likely N-dealkylation sites (tertiary alicyclic amines) is 1. The Morgan fingerprint density at radius 1 is 1.25 bits per heavy atom. The van der Waals surface area contributed by atoms with Gasteiger partial charge in [-0.1, -0.05) is 20.8 Å². The highest BCUT2D eigenvalue weighted by atomic mass is 16.3. The second kappa shape index (κ2) is 5.99. The van der Waals surface area contributed by atoms with Gasteiger partial charge in [-0.25, -0.2) is 0 Å². The fraction of sp³-hybridized carbons (Fsp3) is 1.00. The molecule has 1 saturated heterocycles. The maximum Gasteiger partial charge on any atom is 0.0688 e. The summed E-state index contributed by atoms with van der Waals surface area (Å²) < 4.78 is 0. The Bertz CT molecular complexity index is 193. The fourth-order valence-electron chi connectivity index (χ4n) is 2.52. The highest BCUT2D eigenvalue weighted by molar-refractivity contribution is 4.81. The first-order chi connectivity index (χ1) is 7.43. The van der Waals surface area contributed by atoms with Gasteiger partial charge in [-0.05, 0) is 43.7 Å². The van der Waals surface area contributed by atoms with E-state index in [0.717, 1.165) is 25.6 Å². The summed E-state index contributed by atoms with van der Waals surface area (Å²) in [5, 5.41) is 18.4. The second-order valence-corrected chi connectivity index (χ2v) is 6.11. The molecule has 1 aliphatic heterocycles. The standard InChI is InChI=1S/C13H27NO2/c1-13(2,3)11-4-7-14(8-5-11)10-12(16)6-9-15/h11-12,15-16H,4-10H2,1-3H3. The van der Waals surface area contributed by atoms with Crippen LogP contribution in [-0.4, -0.2) is 47.5 Å². The summed E-state index contributed by atoms with van der Waals surface area (Å²) in [6, 6.07) is 0. The van der Waals surface area contributed by atoms with Crippen LogP contribution in [0.1, 0.15) is 40.0 Å². The number of hydrogen-bond acceptors (Lipinski definition) is 3. The highest BCUT2D eigenvalue weighted by Crippen LogP contribution is 2.34. The van der Waals surface area contributed by atoms with E-state index in [-0.39, 0.29) is 12.7 Å². The van der Waals surface area contributed by atoms with E-state index in [1.54, 1.807) is 0 Å². The van der Waals surface area contributed by atoms with E-state index >= 15 is 0 Å². The van der Waals surface area contributed by atoms with E-state index in [2.05, 4.69) is 25.7 Å². The van der Waals surface area contributed by atoms with Crippen LogP contribution >= 0.6 is 0 Å². The zero-order valence-corrected chi connectivity index (χ0v) is 10.9. The molecule has 0 amide bonds. The van der Waals surface area contributed by atoms with Gasteiger partial charge in [0.05, 0.1) is 6.10 Å². The number of rotatable bonds is 4. The normalized spacial score (nSPS) is 22.3. The molecule has 2 N–H and O–H groups in total. The van der Waals surface area contributed by atoms with Gasteiger partial charge in [0.15, 0.2) is 0 Å². The molecule has 0 aromatic heterocycles. The number of piperidine rings is 1. The summed E-state index contributed by atoms with van der Waals surface area (Å²) in [7, 11) is 0. The van der Waals surface area contributed by atoms with Gasteiger partial charge >= 0.3 is 0 Å². The molecule has 0 aromatic rings. The quantitative estimate of drug-likeness (QED) is 0.767. The van der Waals surface area contributed by atoms with Crippen molar-refractivity contribution in [3.8, 4) is 0 Å². The summed E-state index contributed by atoms with van der Waals surface area (Å²) in [5.41, 5.74) is 0.413. The minimum Gasteiger partial charge on any atom is -0.396 e. The molecule has 1 atom stereocenters. The Balaban J connectivity index is 2.27. The molecule has 0 spiro atoms. The van der Waals surface area contributed by atoms with Gasteiger partial charge in [0.1, 0.15) is 0 Å². The van der Waals surface area contributed by atoms with Gasteiger partial charge in [0.2, 0.25) is 0 Å². The first-order valence-corrected chi connectivity index (χ1v) is 6.44. The molecule has 0 aliphatic carbocycles. The summed E-state index contributed by atoms with van der Waals surface area (Å²) in [6.07, 6.45) is 2.60. The Labute approximate surface area is 99.5 Å². The van der Waals surface area contributed by atoms with Crippen molar-refractivity contribution < 1.29 is 10.2 Å². The molecule has 1 fully saturated rings. The minimum absolute atomic E-state index is 0.0830. The largest absolute Gasteiger partial charge is 0.396 e. The van der Waals surface area contributed by atoms with Crippen LogP contribution in [0.3, 0.4) is 0 Å². The fourth-order valence-corrected chi connectivity index (χ4v) is 2.52. The van der Waals surface area contributed by atoms with Gasteiger partial charge in [0.25, 0.3) is 0 Å². The average molecular weight is 229 g/mol. The van der Waals surface area contributed by atoms with Gasteiger partial charge in [-0.15, -0.1) is 0 Å². The molecule has 0 radical (unpaired) electrons. The van der Waals surface area contributed by atoms with Crippen molar-refractivity contribution in [1.29, 1.82) is 0 Å². The summed E-state index contributed by atoms with van der Waals surface area (Å²) in [4.78, 5) is 2.32. The van der Waals surface area contributed by atoms with Gasteiger partial charge in [0, 0.05) is 13.2 Å². The van der Waals surface area contributed by atoms with Gasteiger partial charge in [-0.2, -0.15) is 0 Å². The molecular formula is C13H27NO2. The monoisotopic (exact) mass is 229 g/mol. The molecule has 96 valence electrons. The molecule has 1 unspecified atom stereocenters. The van der Waals surface area contributed by atoms with E-state index in [0.29, 0.717) is 11.8 Å². The summed E-state index contributed by atoms with van der Waals surface area (Å²) in [5.74, 6) is 0.804. The van der Waals surface area contributed by atoms with Crippen LogP contribution in [0, 0.1) is 11.3 Å². The molecule has 0 aromatic carbocycles.